The summed E-state index contributed by atoms with van der Waals surface area (Å²) in [5.74, 6) is -1.29. The Morgan fingerprint density at radius 3 is 2.62 bits per heavy atom. The Balaban J connectivity index is 3.12. The molecule has 0 aliphatic rings. The van der Waals surface area contributed by atoms with Crippen LogP contribution in [0.3, 0.4) is 0 Å². The van der Waals surface area contributed by atoms with Gasteiger partial charge >= 0.3 is 16.2 Å². The molecule has 0 aromatic carbocycles. The van der Waals surface area contributed by atoms with Gasteiger partial charge in [-0.15, -0.1) is 0 Å². The van der Waals surface area contributed by atoms with Crippen molar-refractivity contribution in [2.75, 3.05) is 18.8 Å². The van der Waals surface area contributed by atoms with Gasteiger partial charge in [0.15, 0.2) is 5.69 Å². The molecule has 88 valence electrons. The molecule has 1 heterocycles. The van der Waals surface area contributed by atoms with Crippen LogP contribution in [0.1, 0.15) is 10.5 Å². The summed E-state index contributed by atoms with van der Waals surface area (Å²) in [4.78, 5) is 14.3. The average molecular weight is 245 g/mol. The number of nitrogens with one attached hydrogen (secondary N) is 1. The fourth-order valence-corrected chi connectivity index (χ4v) is 1.51. The van der Waals surface area contributed by atoms with Gasteiger partial charge in [-0.2, -0.15) is 12.7 Å². The second kappa shape index (κ2) is 4.45. The van der Waals surface area contributed by atoms with Gasteiger partial charge in [-0.25, -0.2) is 9.78 Å². The van der Waals surface area contributed by atoms with E-state index < -0.39 is 16.2 Å². The number of aromatic carboxylic acids is 1. The van der Waals surface area contributed by atoms with E-state index >= 15 is 0 Å². The molecule has 0 saturated carbocycles. The van der Waals surface area contributed by atoms with E-state index in [0.29, 0.717) is 0 Å². The largest absolute Gasteiger partial charge is 0.476 e. The molecule has 0 bridgehead atoms. The van der Waals surface area contributed by atoms with Crippen LogP contribution in [-0.4, -0.2) is 42.9 Å². The van der Waals surface area contributed by atoms with Crippen LogP contribution in [0.4, 0.5) is 5.69 Å². The molecule has 0 aliphatic carbocycles. The number of anilines is 1. The lowest BCUT2D eigenvalue weighted by atomic mass is 10.3. The number of aromatic nitrogens is 1. The molecule has 0 radical (unpaired) electrons. The average Bonchev–Trinajstić information content (AvgIpc) is 2.17. The van der Waals surface area contributed by atoms with Crippen molar-refractivity contribution < 1.29 is 18.3 Å². The summed E-state index contributed by atoms with van der Waals surface area (Å²) in [6.07, 6.45) is 1.27. The molecule has 0 amide bonds. The Kier molecular flexibility index (Phi) is 3.45. The van der Waals surface area contributed by atoms with Gasteiger partial charge in [0.25, 0.3) is 0 Å². The highest BCUT2D eigenvalue weighted by molar-refractivity contribution is 7.90. The van der Waals surface area contributed by atoms with Crippen LogP contribution in [0.5, 0.6) is 0 Å². The lowest BCUT2D eigenvalue weighted by Crippen LogP contribution is -2.29. The van der Waals surface area contributed by atoms with E-state index in [9.17, 15) is 13.2 Å². The zero-order chi connectivity index (χ0) is 12.3. The maximum atomic E-state index is 11.5. The summed E-state index contributed by atoms with van der Waals surface area (Å²) < 4.78 is 26.0. The van der Waals surface area contributed by atoms with Gasteiger partial charge < -0.3 is 5.11 Å². The molecule has 0 unspecified atom stereocenters. The molecule has 1 aromatic rings. The lowest BCUT2D eigenvalue weighted by molar-refractivity contribution is 0.0692. The maximum absolute atomic E-state index is 11.5. The first-order chi connectivity index (χ1) is 7.34. The number of hydrogen-bond acceptors (Lipinski definition) is 4. The Morgan fingerprint density at radius 1 is 1.50 bits per heavy atom. The Morgan fingerprint density at radius 2 is 2.12 bits per heavy atom. The van der Waals surface area contributed by atoms with E-state index in [0.717, 1.165) is 4.31 Å². The maximum Gasteiger partial charge on any atom is 0.356 e. The highest BCUT2D eigenvalue weighted by Gasteiger charge is 2.18. The second-order valence-corrected chi connectivity index (χ2v) is 4.98. The molecule has 8 heteroatoms. The summed E-state index contributed by atoms with van der Waals surface area (Å²) in [5.41, 5.74) is -0.406. The van der Waals surface area contributed by atoms with E-state index in [1.807, 2.05) is 0 Å². The number of nitrogens with zero attached hydrogens (tertiary/aromatic N) is 2. The summed E-state index contributed by atoms with van der Waals surface area (Å²) in [6.45, 7) is 0. The fraction of sp³-hybridized carbons (Fsp3) is 0.250. The predicted octanol–water partition coefficient (Wildman–Crippen LogP) is -0.00190. The van der Waals surface area contributed by atoms with Crippen LogP contribution >= 0.6 is 0 Å². The first-order valence-electron chi connectivity index (χ1n) is 4.23. The SMILES string of the molecule is CN(C)S(=O)(=O)Nc1cccnc1C(=O)O. The molecule has 0 aliphatic heterocycles. The third-order valence-electron chi connectivity index (χ3n) is 1.73. The number of rotatable bonds is 4. The first kappa shape index (κ1) is 12.4. The molecule has 0 fully saturated rings. The number of carboxylic acids is 1. The first-order valence-corrected chi connectivity index (χ1v) is 5.67. The standard InChI is InChI=1S/C8H11N3O4S/c1-11(2)16(14,15)10-6-4-3-5-9-7(6)8(12)13/h3-5,10H,1-2H3,(H,12,13). The third-order valence-corrected chi connectivity index (χ3v) is 3.17. The molecule has 0 spiro atoms. The second-order valence-electron chi connectivity index (χ2n) is 3.09. The molecular formula is C8H11N3O4S. The van der Waals surface area contributed by atoms with E-state index in [-0.39, 0.29) is 11.4 Å². The van der Waals surface area contributed by atoms with E-state index in [4.69, 9.17) is 5.11 Å². The van der Waals surface area contributed by atoms with Crippen LogP contribution < -0.4 is 4.72 Å². The number of carbonyl (C=O) groups is 1. The van der Waals surface area contributed by atoms with Crippen molar-refractivity contribution in [2.24, 2.45) is 0 Å². The molecular weight excluding hydrogens is 234 g/mol. The summed E-state index contributed by atoms with van der Waals surface area (Å²) >= 11 is 0. The van der Waals surface area contributed by atoms with E-state index in [1.54, 1.807) is 0 Å². The van der Waals surface area contributed by atoms with Gasteiger partial charge in [0.1, 0.15) is 0 Å². The molecule has 16 heavy (non-hydrogen) atoms. The Hall–Kier alpha value is -1.67. The number of pyridine rings is 1. The van der Waals surface area contributed by atoms with Crippen LogP contribution in [-0.2, 0) is 10.2 Å². The van der Waals surface area contributed by atoms with E-state index in [1.165, 1.54) is 32.4 Å². The van der Waals surface area contributed by atoms with Crippen LogP contribution in [0, 0.1) is 0 Å². The minimum absolute atomic E-state index is 0.0660. The van der Waals surface area contributed by atoms with Crippen LogP contribution in [0.25, 0.3) is 0 Å². The highest BCUT2D eigenvalue weighted by Crippen LogP contribution is 2.14. The minimum atomic E-state index is -3.73. The molecule has 1 rings (SSSR count). The smallest absolute Gasteiger partial charge is 0.356 e. The monoisotopic (exact) mass is 245 g/mol. The van der Waals surface area contributed by atoms with Crippen molar-refractivity contribution in [3.8, 4) is 0 Å². The predicted molar refractivity (Wildman–Crippen MR) is 57.4 cm³/mol. The zero-order valence-electron chi connectivity index (χ0n) is 8.71. The number of hydrogen-bond donors (Lipinski definition) is 2. The number of carboxylic acid groups (broad SMARTS) is 1. The van der Waals surface area contributed by atoms with Gasteiger partial charge in [-0.1, -0.05) is 0 Å². The van der Waals surface area contributed by atoms with Crippen molar-refractivity contribution in [2.45, 2.75) is 0 Å². The van der Waals surface area contributed by atoms with Gasteiger partial charge in [0.05, 0.1) is 5.69 Å². The van der Waals surface area contributed by atoms with Gasteiger partial charge in [-0.3, -0.25) is 4.72 Å². The minimum Gasteiger partial charge on any atom is -0.476 e. The Bertz CT molecular complexity index is 498. The molecule has 7 nitrogen and oxygen atoms in total. The fourth-order valence-electron chi connectivity index (χ4n) is 0.888. The topological polar surface area (TPSA) is 99.6 Å². The molecule has 0 atom stereocenters. The highest BCUT2D eigenvalue weighted by atomic mass is 32.2. The molecule has 1 aromatic heterocycles. The van der Waals surface area contributed by atoms with Crippen molar-refractivity contribution in [3.05, 3.63) is 24.0 Å². The van der Waals surface area contributed by atoms with Crippen molar-refractivity contribution in [3.63, 3.8) is 0 Å². The van der Waals surface area contributed by atoms with Gasteiger partial charge in [-0.05, 0) is 12.1 Å². The third kappa shape index (κ3) is 2.67. The van der Waals surface area contributed by atoms with Crippen LogP contribution in [0.15, 0.2) is 18.3 Å². The zero-order valence-corrected chi connectivity index (χ0v) is 9.52. The summed E-state index contributed by atoms with van der Waals surface area (Å²) in [6, 6.07) is 2.78. The quantitative estimate of drug-likeness (QED) is 0.777. The lowest BCUT2D eigenvalue weighted by Gasteiger charge is -2.14. The van der Waals surface area contributed by atoms with Gasteiger partial charge in [0, 0.05) is 20.3 Å². The van der Waals surface area contributed by atoms with Crippen LogP contribution in [0.2, 0.25) is 0 Å². The molecule has 0 saturated heterocycles. The summed E-state index contributed by atoms with van der Waals surface area (Å²) in [7, 11) is -1.06. The van der Waals surface area contributed by atoms with Crippen molar-refractivity contribution >= 4 is 21.9 Å². The van der Waals surface area contributed by atoms with Gasteiger partial charge in [0.2, 0.25) is 0 Å². The molecule has 2 N–H and O–H groups in total. The summed E-state index contributed by atoms with van der Waals surface area (Å²) in [5, 5.41) is 8.79. The normalized spacial score (nSPS) is 11.4. The van der Waals surface area contributed by atoms with Crippen molar-refractivity contribution in [1.82, 2.24) is 9.29 Å². The van der Waals surface area contributed by atoms with Crippen molar-refractivity contribution in [1.29, 1.82) is 0 Å². The Labute approximate surface area is 92.9 Å². The van der Waals surface area contributed by atoms with E-state index in [2.05, 4.69) is 9.71 Å².